The predicted octanol–water partition coefficient (Wildman–Crippen LogP) is 5.16. The lowest BCUT2D eigenvalue weighted by Crippen LogP contribution is -2.42. The number of benzene rings is 4. The third-order valence-electron chi connectivity index (χ3n) is 7.73. The first-order valence-electron chi connectivity index (χ1n) is 11.6. The first-order chi connectivity index (χ1) is 17.1. The molecule has 2 bridgehead atoms. The van der Waals surface area contributed by atoms with E-state index in [0.717, 1.165) is 27.2 Å². The van der Waals surface area contributed by atoms with E-state index in [0.29, 0.717) is 0 Å². The summed E-state index contributed by atoms with van der Waals surface area (Å²) in [6.07, 6.45) is 0. The fourth-order valence-electron chi connectivity index (χ4n) is 6.48. The number of halogens is 1. The van der Waals surface area contributed by atoms with Gasteiger partial charge >= 0.3 is 0 Å². The maximum absolute atomic E-state index is 14.9. The van der Waals surface area contributed by atoms with Gasteiger partial charge in [-0.25, -0.2) is 9.29 Å². The number of fused-ring (bicyclic) bond motifs is 8. The Kier molecular flexibility index (Phi) is 4.04. The smallest absolute Gasteiger partial charge is 0.241 e. The van der Waals surface area contributed by atoms with Crippen LogP contribution in [0.25, 0.3) is 0 Å². The number of imide groups is 1. The van der Waals surface area contributed by atoms with E-state index in [1.807, 2.05) is 84.9 Å². The van der Waals surface area contributed by atoms with Gasteiger partial charge in [0.1, 0.15) is 17.0 Å². The lowest BCUT2D eigenvalue weighted by atomic mass is 9.61. The highest BCUT2D eigenvalue weighted by atomic mass is 19.1. The second kappa shape index (κ2) is 6.96. The van der Waals surface area contributed by atoms with Crippen molar-refractivity contribution in [3.63, 3.8) is 0 Å². The fraction of sp³-hybridized carbons (Fsp3) is 0.133. The van der Waals surface area contributed by atoms with Crippen LogP contribution in [0.3, 0.4) is 0 Å². The Hall–Kier alpha value is -4.09. The molecule has 0 radical (unpaired) electrons. The van der Waals surface area contributed by atoms with E-state index in [1.165, 1.54) is 12.1 Å². The Morgan fingerprint density at radius 1 is 0.600 bits per heavy atom. The van der Waals surface area contributed by atoms with Gasteiger partial charge in [0.2, 0.25) is 11.8 Å². The molecule has 0 aliphatic carbocycles. The molecule has 0 saturated carbocycles. The summed E-state index contributed by atoms with van der Waals surface area (Å²) in [4.78, 5) is 29.4. The lowest BCUT2D eigenvalue weighted by molar-refractivity contribution is -0.131. The van der Waals surface area contributed by atoms with Crippen molar-refractivity contribution in [2.24, 2.45) is 11.8 Å². The molecule has 5 heteroatoms. The van der Waals surface area contributed by atoms with Crippen LogP contribution >= 0.6 is 0 Å². The number of hydrogen-bond donors (Lipinski definition) is 0. The molecule has 3 heterocycles. The van der Waals surface area contributed by atoms with Gasteiger partial charge in [-0.15, -0.1) is 0 Å². The maximum atomic E-state index is 14.9. The van der Waals surface area contributed by atoms with Gasteiger partial charge in [-0.05, 0) is 34.4 Å². The molecule has 2 saturated heterocycles. The number of nitrogens with zero attached hydrogens (tertiary/aromatic N) is 1. The summed E-state index contributed by atoms with van der Waals surface area (Å²) in [7, 11) is 0. The minimum absolute atomic E-state index is 0.0215. The monoisotopic (exact) mass is 461 g/mol. The molecule has 4 aromatic carbocycles. The van der Waals surface area contributed by atoms with E-state index in [2.05, 4.69) is 0 Å². The third-order valence-corrected chi connectivity index (χ3v) is 7.73. The van der Waals surface area contributed by atoms with Crippen molar-refractivity contribution in [2.75, 3.05) is 4.90 Å². The van der Waals surface area contributed by atoms with Gasteiger partial charge < -0.3 is 4.74 Å². The van der Waals surface area contributed by atoms with Gasteiger partial charge in [0, 0.05) is 0 Å². The topological polar surface area (TPSA) is 46.6 Å². The number of rotatable bonds is 3. The summed E-state index contributed by atoms with van der Waals surface area (Å²) in [5.74, 6) is -3.18. The number of carbonyl (C=O) groups excluding carboxylic acids is 2. The highest BCUT2D eigenvalue weighted by Gasteiger charge is 2.78. The average molecular weight is 461 g/mol. The minimum Gasteiger partial charge on any atom is -0.348 e. The van der Waals surface area contributed by atoms with Crippen LogP contribution in [0, 0.1) is 17.7 Å². The van der Waals surface area contributed by atoms with E-state index in [1.54, 1.807) is 12.1 Å². The van der Waals surface area contributed by atoms with Gasteiger partial charge in [0.15, 0.2) is 0 Å². The lowest BCUT2D eigenvalue weighted by Gasteiger charge is -2.34. The molecule has 7 rings (SSSR count). The molecule has 4 atom stereocenters. The maximum Gasteiger partial charge on any atom is 0.241 e. The van der Waals surface area contributed by atoms with Gasteiger partial charge in [0.05, 0.1) is 17.5 Å². The molecule has 2 fully saturated rings. The van der Waals surface area contributed by atoms with E-state index in [-0.39, 0.29) is 5.69 Å². The molecule has 3 aliphatic rings. The second-order valence-electron chi connectivity index (χ2n) is 9.27. The molecular formula is C30H20FNO3. The molecule has 0 spiro atoms. The van der Waals surface area contributed by atoms with E-state index < -0.39 is 40.7 Å². The van der Waals surface area contributed by atoms with Gasteiger partial charge in [0.25, 0.3) is 0 Å². The molecule has 2 amide bonds. The first-order valence-corrected chi connectivity index (χ1v) is 11.6. The predicted molar refractivity (Wildman–Crippen MR) is 128 cm³/mol. The van der Waals surface area contributed by atoms with Crippen LogP contribution in [0.2, 0.25) is 0 Å². The van der Waals surface area contributed by atoms with Gasteiger partial charge in [-0.3, -0.25) is 9.59 Å². The number of carbonyl (C=O) groups is 2. The zero-order valence-electron chi connectivity index (χ0n) is 18.6. The van der Waals surface area contributed by atoms with Crippen molar-refractivity contribution in [3.05, 3.63) is 137 Å². The SMILES string of the molecule is O=C1C2C(C(=O)N1c1ccccc1F)[C@@]1(c3ccccc3)O[C@]2(c2ccccc2)c2ccccc21. The highest BCUT2D eigenvalue weighted by Crippen LogP contribution is 2.70. The van der Waals surface area contributed by atoms with Crippen LogP contribution in [-0.2, 0) is 25.5 Å². The Bertz CT molecular complexity index is 1410. The molecule has 4 nitrogen and oxygen atoms in total. The highest BCUT2D eigenvalue weighted by molar-refractivity contribution is 6.24. The van der Waals surface area contributed by atoms with Gasteiger partial charge in [-0.2, -0.15) is 0 Å². The largest absolute Gasteiger partial charge is 0.348 e. The number of para-hydroxylation sites is 1. The normalized spacial score (nSPS) is 28.3. The molecule has 3 aliphatic heterocycles. The number of ether oxygens (including phenoxy) is 1. The van der Waals surface area contributed by atoms with Crippen molar-refractivity contribution in [1.82, 2.24) is 0 Å². The van der Waals surface area contributed by atoms with Crippen LogP contribution in [0.4, 0.5) is 10.1 Å². The Labute approximate surface area is 201 Å². The molecular weight excluding hydrogens is 441 g/mol. The molecule has 4 aromatic rings. The summed E-state index contributed by atoms with van der Waals surface area (Å²) < 4.78 is 21.9. The van der Waals surface area contributed by atoms with Crippen LogP contribution < -0.4 is 4.90 Å². The summed E-state index contributed by atoms with van der Waals surface area (Å²) in [5, 5.41) is 0. The quantitative estimate of drug-likeness (QED) is 0.396. The molecule has 170 valence electrons. The summed E-state index contributed by atoms with van der Waals surface area (Å²) in [6, 6.07) is 32.9. The van der Waals surface area contributed by atoms with Gasteiger partial charge in [-0.1, -0.05) is 97.1 Å². The minimum atomic E-state index is -1.18. The number of amides is 2. The first kappa shape index (κ1) is 20.3. The summed E-state index contributed by atoms with van der Waals surface area (Å²) in [5.41, 5.74) is 0.965. The van der Waals surface area contributed by atoms with Crippen molar-refractivity contribution in [3.8, 4) is 0 Å². The number of hydrogen-bond acceptors (Lipinski definition) is 3. The zero-order valence-corrected chi connectivity index (χ0v) is 18.6. The Morgan fingerprint density at radius 2 is 1.03 bits per heavy atom. The standard InChI is InChI=1S/C30H20FNO3/c31-23-17-9-10-18-24(23)32-27(33)25-26(28(32)34)30(20-13-5-2-6-14-20)22-16-8-7-15-21(22)29(25,35-30)19-11-3-1-4-12-19/h1-18,25-26H/t25?,26?,29-,30+. The summed E-state index contributed by atoms with van der Waals surface area (Å²) in [6.45, 7) is 0. The van der Waals surface area contributed by atoms with Crippen LogP contribution in [0.5, 0.6) is 0 Å². The fourth-order valence-corrected chi connectivity index (χ4v) is 6.48. The Balaban J connectivity index is 1.56. The van der Waals surface area contributed by atoms with Crippen LogP contribution in [-0.4, -0.2) is 11.8 Å². The third kappa shape index (κ3) is 2.33. The molecule has 0 N–H and O–H groups in total. The van der Waals surface area contributed by atoms with Crippen molar-refractivity contribution in [1.29, 1.82) is 0 Å². The zero-order chi connectivity index (χ0) is 23.8. The van der Waals surface area contributed by atoms with Crippen LogP contribution in [0.15, 0.2) is 109 Å². The van der Waals surface area contributed by atoms with Crippen molar-refractivity contribution in [2.45, 2.75) is 11.2 Å². The molecule has 35 heavy (non-hydrogen) atoms. The summed E-state index contributed by atoms with van der Waals surface area (Å²) >= 11 is 0. The van der Waals surface area contributed by atoms with E-state index >= 15 is 0 Å². The second-order valence-corrected chi connectivity index (χ2v) is 9.27. The molecule has 0 aromatic heterocycles. The van der Waals surface area contributed by atoms with Crippen LogP contribution in [0.1, 0.15) is 22.3 Å². The Morgan fingerprint density at radius 3 is 1.51 bits per heavy atom. The van der Waals surface area contributed by atoms with E-state index in [4.69, 9.17) is 4.74 Å². The van der Waals surface area contributed by atoms with Crippen molar-refractivity contribution >= 4 is 17.5 Å². The number of anilines is 1. The average Bonchev–Trinajstić information content (AvgIpc) is 3.50. The van der Waals surface area contributed by atoms with Crippen molar-refractivity contribution < 1.29 is 18.7 Å². The van der Waals surface area contributed by atoms with E-state index in [9.17, 15) is 14.0 Å². The molecule has 2 unspecified atom stereocenters.